The number of aromatic nitrogens is 5. The largest absolute Gasteiger partial charge is 0.501 e. The van der Waals surface area contributed by atoms with Crippen molar-refractivity contribution in [1.82, 2.24) is 24.9 Å². The molecule has 3 aromatic rings. The number of nitrogens with two attached hydrogens (primary N) is 1. The molecular weight excluding hydrogens is 344 g/mol. The predicted molar refractivity (Wildman–Crippen MR) is 101 cm³/mol. The van der Waals surface area contributed by atoms with Gasteiger partial charge in [-0.05, 0) is 45.1 Å². The molecule has 4 heterocycles. The maximum absolute atomic E-state index is 6.21. The van der Waals surface area contributed by atoms with Gasteiger partial charge in [0.05, 0.1) is 23.8 Å². The molecule has 0 atom stereocenters. The van der Waals surface area contributed by atoms with Crippen LogP contribution in [-0.2, 0) is 4.74 Å². The fourth-order valence-electron chi connectivity index (χ4n) is 3.67. The van der Waals surface area contributed by atoms with Crippen LogP contribution in [0.2, 0.25) is 0 Å². The third kappa shape index (κ3) is 2.58. The van der Waals surface area contributed by atoms with Crippen molar-refractivity contribution in [2.24, 2.45) is 0 Å². The van der Waals surface area contributed by atoms with Gasteiger partial charge in [0.1, 0.15) is 29.3 Å². The summed E-state index contributed by atoms with van der Waals surface area (Å²) in [7, 11) is 0. The first-order valence-corrected chi connectivity index (χ1v) is 9.44. The number of hydrogen-bond acceptors (Lipinski definition) is 7. The van der Waals surface area contributed by atoms with Gasteiger partial charge in [0.25, 0.3) is 0 Å². The van der Waals surface area contributed by atoms with E-state index in [1.807, 2.05) is 10.9 Å². The van der Waals surface area contributed by atoms with Gasteiger partial charge in [-0.3, -0.25) is 0 Å². The van der Waals surface area contributed by atoms with E-state index < -0.39 is 0 Å². The Kier molecular flexibility index (Phi) is 3.66. The molecule has 1 saturated carbocycles. The summed E-state index contributed by atoms with van der Waals surface area (Å²) in [5, 5.41) is 9.96. The van der Waals surface area contributed by atoms with Crippen LogP contribution >= 0.6 is 0 Å². The van der Waals surface area contributed by atoms with Gasteiger partial charge in [-0.25, -0.2) is 14.6 Å². The van der Waals surface area contributed by atoms with Crippen molar-refractivity contribution in [2.75, 3.05) is 12.3 Å². The maximum atomic E-state index is 6.21. The van der Waals surface area contributed by atoms with E-state index in [-0.39, 0.29) is 6.04 Å². The minimum absolute atomic E-state index is 0.131. The molecule has 3 aromatic heterocycles. The number of fused-ring (bicyclic) bond motifs is 1. The summed E-state index contributed by atoms with van der Waals surface area (Å²) < 4.78 is 13.3. The topological polar surface area (TPSA) is 105 Å². The smallest absolute Gasteiger partial charge is 0.164 e. The van der Waals surface area contributed by atoms with Crippen LogP contribution in [0, 0.1) is 0 Å². The fourth-order valence-corrected chi connectivity index (χ4v) is 3.67. The highest BCUT2D eigenvalue weighted by molar-refractivity contribution is 5.99. The van der Waals surface area contributed by atoms with Crippen LogP contribution in [0.25, 0.3) is 28.0 Å². The number of nitrogens with zero attached hydrogens (tertiary/aromatic N) is 5. The Morgan fingerprint density at radius 3 is 2.78 bits per heavy atom. The predicted octanol–water partition coefficient (Wildman–Crippen LogP) is 3.67. The number of allylic oxidation sites excluding steroid dienone is 1. The Balaban J connectivity index is 1.77. The molecule has 0 saturated heterocycles. The lowest BCUT2D eigenvalue weighted by Gasteiger charge is -2.14. The minimum Gasteiger partial charge on any atom is -0.501 e. The molecule has 1 aliphatic heterocycles. The van der Waals surface area contributed by atoms with Crippen LogP contribution in [0.5, 0.6) is 0 Å². The SMILES string of the molecule is CC(C)n1nc(-c2noc(C3CC3)c2C2=COCCC2)c2c(N)ncnc21. The maximum Gasteiger partial charge on any atom is 0.164 e. The van der Waals surface area contributed by atoms with Gasteiger partial charge in [-0.2, -0.15) is 5.10 Å². The summed E-state index contributed by atoms with van der Waals surface area (Å²) in [5.74, 6) is 1.76. The van der Waals surface area contributed by atoms with Crippen LogP contribution < -0.4 is 5.73 Å². The lowest BCUT2D eigenvalue weighted by molar-refractivity contribution is 0.235. The number of nitrogen functional groups attached to an aromatic ring is 1. The van der Waals surface area contributed by atoms with Crippen LogP contribution in [0.3, 0.4) is 0 Å². The van der Waals surface area contributed by atoms with Gasteiger partial charge in [0.2, 0.25) is 0 Å². The van der Waals surface area contributed by atoms with E-state index in [1.165, 1.54) is 6.33 Å². The summed E-state index contributed by atoms with van der Waals surface area (Å²) in [5.41, 5.74) is 10.4. The minimum atomic E-state index is 0.131. The first kappa shape index (κ1) is 16.3. The van der Waals surface area contributed by atoms with Gasteiger partial charge in [-0.1, -0.05) is 5.16 Å². The summed E-state index contributed by atoms with van der Waals surface area (Å²) in [4.78, 5) is 8.60. The number of rotatable bonds is 4. The second-order valence-corrected chi connectivity index (χ2v) is 7.51. The fraction of sp³-hybridized carbons (Fsp3) is 0.474. The summed E-state index contributed by atoms with van der Waals surface area (Å²) >= 11 is 0. The molecule has 0 aromatic carbocycles. The Bertz CT molecular complexity index is 1040. The Labute approximate surface area is 156 Å². The Morgan fingerprint density at radius 1 is 1.22 bits per heavy atom. The van der Waals surface area contributed by atoms with Crippen molar-refractivity contribution in [3.8, 4) is 11.4 Å². The highest BCUT2D eigenvalue weighted by atomic mass is 16.5. The van der Waals surface area contributed by atoms with Gasteiger partial charge in [0, 0.05) is 12.0 Å². The van der Waals surface area contributed by atoms with Crippen molar-refractivity contribution in [3.63, 3.8) is 0 Å². The van der Waals surface area contributed by atoms with Crippen molar-refractivity contribution in [2.45, 2.75) is 51.5 Å². The van der Waals surface area contributed by atoms with E-state index in [0.717, 1.165) is 54.6 Å². The molecule has 5 rings (SSSR count). The lowest BCUT2D eigenvalue weighted by atomic mass is 9.96. The van der Waals surface area contributed by atoms with Gasteiger partial charge in [-0.15, -0.1) is 0 Å². The zero-order valence-corrected chi connectivity index (χ0v) is 15.5. The van der Waals surface area contributed by atoms with Crippen LogP contribution in [-0.4, -0.2) is 31.5 Å². The molecule has 140 valence electrons. The lowest BCUT2D eigenvalue weighted by Crippen LogP contribution is -2.04. The highest BCUT2D eigenvalue weighted by Gasteiger charge is 2.36. The molecule has 1 fully saturated rings. The van der Waals surface area contributed by atoms with E-state index in [4.69, 9.17) is 20.1 Å². The average molecular weight is 366 g/mol. The average Bonchev–Trinajstić information content (AvgIpc) is 3.29. The number of anilines is 1. The first-order valence-electron chi connectivity index (χ1n) is 9.44. The Hall–Kier alpha value is -2.90. The molecule has 0 amide bonds. The summed E-state index contributed by atoms with van der Waals surface area (Å²) in [6, 6.07) is 0.131. The van der Waals surface area contributed by atoms with Crippen molar-refractivity contribution in [1.29, 1.82) is 0 Å². The number of ether oxygens (including phenoxy) is 1. The molecule has 0 spiro atoms. The van der Waals surface area contributed by atoms with E-state index in [0.29, 0.717) is 28.8 Å². The molecular formula is C19H22N6O2. The first-order chi connectivity index (χ1) is 13.1. The molecule has 27 heavy (non-hydrogen) atoms. The second kappa shape index (κ2) is 6.07. The van der Waals surface area contributed by atoms with Crippen LogP contribution in [0.15, 0.2) is 17.1 Å². The molecule has 0 bridgehead atoms. The zero-order chi connectivity index (χ0) is 18.5. The van der Waals surface area contributed by atoms with Crippen LogP contribution in [0.1, 0.15) is 62.8 Å². The normalized spacial score (nSPS) is 17.4. The van der Waals surface area contributed by atoms with E-state index in [1.54, 1.807) is 0 Å². The van der Waals surface area contributed by atoms with Crippen molar-refractivity contribution < 1.29 is 9.26 Å². The molecule has 8 nitrogen and oxygen atoms in total. The Morgan fingerprint density at radius 2 is 2.07 bits per heavy atom. The van der Waals surface area contributed by atoms with Crippen LogP contribution in [0.4, 0.5) is 5.82 Å². The second-order valence-electron chi connectivity index (χ2n) is 7.51. The molecule has 8 heteroatoms. The molecule has 0 radical (unpaired) electrons. The zero-order valence-electron chi connectivity index (χ0n) is 15.5. The van der Waals surface area contributed by atoms with Crippen molar-refractivity contribution >= 4 is 22.4 Å². The van der Waals surface area contributed by atoms with Crippen molar-refractivity contribution in [3.05, 3.63) is 23.9 Å². The third-order valence-electron chi connectivity index (χ3n) is 5.15. The molecule has 2 N–H and O–H groups in total. The van der Waals surface area contributed by atoms with E-state index >= 15 is 0 Å². The van der Waals surface area contributed by atoms with Gasteiger partial charge in [0.15, 0.2) is 5.65 Å². The number of hydrogen-bond donors (Lipinski definition) is 1. The van der Waals surface area contributed by atoms with Gasteiger partial charge >= 0.3 is 0 Å². The third-order valence-corrected chi connectivity index (χ3v) is 5.15. The molecule has 1 aliphatic carbocycles. The quantitative estimate of drug-likeness (QED) is 0.751. The van der Waals surface area contributed by atoms with E-state index in [9.17, 15) is 0 Å². The summed E-state index contributed by atoms with van der Waals surface area (Å²) in [6.45, 7) is 4.87. The highest BCUT2D eigenvalue weighted by Crippen LogP contribution is 2.47. The molecule has 2 aliphatic rings. The standard InChI is InChI=1S/C19H22N6O2/c1-10(2)25-19-14(18(20)21-9-22-19)15(23-25)16-13(12-4-3-7-26-8-12)17(27-24-16)11-5-6-11/h8-11H,3-7H2,1-2H3,(H2,20,21,22). The summed E-state index contributed by atoms with van der Waals surface area (Å²) in [6.07, 6.45) is 7.48. The monoisotopic (exact) mass is 366 g/mol. The van der Waals surface area contributed by atoms with Gasteiger partial charge < -0.3 is 15.0 Å². The molecule has 0 unspecified atom stereocenters. The van der Waals surface area contributed by atoms with E-state index in [2.05, 4.69) is 29.0 Å².